The van der Waals surface area contributed by atoms with Crippen molar-refractivity contribution >= 4 is 33.6 Å². The second-order valence-electron chi connectivity index (χ2n) is 8.82. The second-order valence-corrected chi connectivity index (χ2v) is 10.8. The number of nitro benzene ring substituents is 1. The number of nitrogens with one attached hydrogen (secondary N) is 1. The van der Waals surface area contributed by atoms with E-state index in [1.54, 1.807) is 18.2 Å². The summed E-state index contributed by atoms with van der Waals surface area (Å²) in [4.78, 5) is 23.6. The highest BCUT2D eigenvalue weighted by Crippen LogP contribution is 2.32. The number of ether oxygens (including phenoxy) is 4. The average molecular weight is 585 g/mol. The van der Waals surface area contributed by atoms with Crippen molar-refractivity contribution in [3.05, 3.63) is 75.8 Å². The Morgan fingerprint density at radius 3 is 2.24 bits per heavy atom. The summed E-state index contributed by atoms with van der Waals surface area (Å²) in [6.07, 6.45) is 2.88. The van der Waals surface area contributed by atoms with Crippen LogP contribution in [0.5, 0.6) is 23.0 Å². The molecule has 0 spiro atoms. The fourth-order valence-electron chi connectivity index (χ4n) is 4.10. The summed E-state index contributed by atoms with van der Waals surface area (Å²) in [7, 11) is 0.519. The van der Waals surface area contributed by atoms with E-state index in [-0.39, 0.29) is 27.6 Å². The molecule has 0 atom stereocenters. The van der Waals surface area contributed by atoms with Crippen molar-refractivity contribution in [1.29, 1.82) is 0 Å². The van der Waals surface area contributed by atoms with Gasteiger partial charge in [0.2, 0.25) is 10.0 Å². The quantitative estimate of drug-likeness (QED) is 0.114. The fourth-order valence-corrected chi connectivity index (χ4v) is 5.64. The molecular weight excluding hydrogens is 556 g/mol. The number of hydrogen-bond acceptors (Lipinski definition) is 11. The largest absolute Gasteiger partial charge is 0.497 e. The van der Waals surface area contributed by atoms with Gasteiger partial charge in [0.15, 0.2) is 11.5 Å². The molecule has 1 fully saturated rings. The molecule has 4 rings (SSSR count). The highest BCUT2D eigenvalue weighted by atomic mass is 32.2. The van der Waals surface area contributed by atoms with E-state index in [0.29, 0.717) is 30.2 Å². The van der Waals surface area contributed by atoms with Gasteiger partial charge in [-0.05, 0) is 60.9 Å². The zero-order valence-corrected chi connectivity index (χ0v) is 23.3. The molecule has 1 aliphatic rings. The van der Waals surface area contributed by atoms with Gasteiger partial charge >= 0.3 is 5.97 Å². The molecule has 1 aliphatic heterocycles. The van der Waals surface area contributed by atoms with Gasteiger partial charge in [-0.3, -0.25) is 15.5 Å². The predicted molar refractivity (Wildman–Crippen MR) is 150 cm³/mol. The van der Waals surface area contributed by atoms with Crippen molar-refractivity contribution < 1.29 is 37.1 Å². The van der Waals surface area contributed by atoms with Crippen LogP contribution in [-0.4, -0.2) is 64.2 Å². The summed E-state index contributed by atoms with van der Waals surface area (Å²) < 4.78 is 48.2. The first-order valence-electron chi connectivity index (χ1n) is 12.4. The Kier molecular flexibility index (Phi) is 9.04. The molecule has 0 saturated carbocycles. The monoisotopic (exact) mass is 584 g/mol. The zero-order valence-electron chi connectivity index (χ0n) is 22.5. The van der Waals surface area contributed by atoms with Gasteiger partial charge in [0.1, 0.15) is 17.2 Å². The molecule has 14 heteroatoms. The number of benzene rings is 3. The highest BCUT2D eigenvalue weighted by molar-refractivity contribution is 7.89. The van der Waals surface area contributed by atoms with Crippen LogP contribution in [0.25, 0.3) is 0 Å². The molecule has 1 N–H and O–H groups in total. The zero-order chi connectivity index (χ0) is 29.6. The van der Waals surface area contributed by atoms with Crippen molar-refractivity contribution in [3.8, 4) is 23.0 Å². The molecule has 3 aromatic rings. The number of esters is 1. The number of rotatable bonds is 11. The van der Waals surface area contributed by atoms with Gasteiger partial charge < -0.3 is 18.9 Å². The smallest absolute Gasteiger partial charge is 0.343 e. The summed E-state index contributed by atoms with van der Waals surface area (Å²) in [5.74, 6) is 0.566. The SMILES string of the molecule is COc1cc(OC)cc(C(=O)Oc2ccc(C=NNc3ccc(S(=O)(=O)N4CCCC4)cc3[N+](=O)[O-])cc2OC)c1. The maximum Gasteiger partial charge on any atom is 0.343 e. The molecule has 13 nitrogen and oxygen atoms in total. The minimum absolute atomic E-state index is 0.0119. The third-order valence-electron chi connectivity index (χ3n) is 6.24. The number of methoxy groups -OCH3 is 3. The standard InChI is InChI=1S/C27H28N4O9S/c1-37-20-13-19(14-21(15-20)38-2)27(32)40-25-9-6-18(12-26(25)39-3)17-28-29-23-8-7-22(16-24(23)31(33)34)41(35,36)30-10-4-5-11-30/h6-9,12-17,29H,4-5,10-11H2,1-3H3. The number of anilines is 1. The first-order chi connectivity index (χ1) is 19.7. The van der Waals surface area contributed by atoms with E-state index in [4.69, 9.17) is 18.9 Å². The van der Waals surface area contributed by atoms with E-state index < -0.39 is 26.6 Å². The minimum Gasteiger partial charge on any atom is -0.497 e. The number of sulfonamides is 1. The van der Waals surface area contributed by atoms with Crippen LogP contribution >= 0.6 is 0 Å². The number of carbonyl (C=O) groups is 1. The summed E-state index contributed by atoms with van der Waals surface area (Å²) in [6.45, 7) is 0.773. The Bertz CT molecular complexity index is 1560. The van der Waals surface area contributed by atoms with E-state index in [1.807, 2.05) is 0 Å². The van der Waals surface area contributed by atoms with Crippen LogP contribution in [0.4, 0.5) is 11.4 Å². The van der Waals surface area contributed by atoms with Crippen molar-refractivity contribution in [1.82, 2.24) is 4.31 Å². The fraction of sp³-hybridized carbons (Fsp3) is 0.259. The van der Waals surface area contributed by atoms with Gasteiger partial charge in [0.25, 0.3) is 5.69 Å². The third-order valence-corrected chi connectivity index (χ3v) is 8.14. The number of carbonyl (C=O) groups excluding carboxylic acids is 1. The predicted octanol–water partition coefficient (Wildman–Crippen LogP) is 4.07. The van der Waals surface area contributed by atoms with Crippen LogP contribution in [0.15, 0.2) is 64.6 Å². The summed E-state index contributed by atoms with van der Waals surface area (Å²) in [5.41, 5.74) is 2.89. The van der Waals surface area contributed by atoms with Gasteiger partial charge in [0, 0.05) is 25.2 Å². The molecule has 216 valence electrons. The molecule has 1 saturated heterocycles. The molecule has 41 heavy (non-hydrogen) atoms. The van der Waals surface area contributed by atoms with Crippen molar-refractivity contribution in [3.63, 3.8) is 0 Å². The van der Waals surface area contributed by atoms with E-state index in [9.17, 15) is 23.3 Å². The number of nitro groups is 1. The number of hydrazone groups is 1. The van der Waals surface area contributed by atoms with Crippen LogP contribution in [0.3, 0.4) is 0 Å². The minimum atomic E-state index is -3.82. The highest BCUT2D eigenvalue weighted by Gasteiger charge is 2.29. The molecule has 0 aliphatic carbocycles. The maximum absolute atomic E-state index is 12.8. The Morgan fingerprint density at radius 2 is 1.63 bits per heavy atom. The topological polar surface area (TPSA) is 159 Å². The summed E-state index contributed by atoms with van der Waals surface area (Å²) in [6, 6.07) is 12.9. The molecular formula is C27H28N4O9S. The molecule has 0 aromatic heterocycles. The molecule has 0 amide bonds. The summed E-state index contributed by atoms with van der Waals surface area (Å²) in [5, 5.41) is 15.7. The van der Waals surface area contributed by atoms with Gasteiger partial charge in [-0.15, -0.1) is 0 Å². The lowest BCUT2D eigenvalue weighted by Gasteiger charge is -2.15. The van der Waals surface area contributed by atoms with Crippen LogP contribution in [0, 0.1) is 10.1 Å². The Labute approximate surface area is 236 Å². The normalized spacial score (nSPS) is 13.6. The second kappa shape index (κ2) is 12.7. The van der Waals surface area contributed by atoms with Crippen molar-refractivity contribution in [2.24, 2.45) is 5.10 Å². The van der Waals surface area contributed by atoms with Gasteiger partial charge in [0.05, 0.1) is 42.9 Å². The lowest BCUT2D eigenvalue weighted by molar-refractivity contribution is -0.384. The molecule has 3 aromatic carbocycles. The molecule has 1 heterocycles. The van der Waals surface area contributed by atoms with Gasteiger partial charge in [-0.1, -0.05) is 0 Å². The molecule has 0 unspecified atom stereocenters. The van der Waals surface area contributed by atoms with Crippen LogP contribution in [0.1, 0.15) is 28.8 Å². The van der Waals surface area contributed by atoms with E-state index in [0.717, 1.165) is 18.9 Å². The number of nitrogens with zero attached hydrogens (tertiary/aromatic N) is 3. The lowest BCUT2D eigenvalue weighted by atomic mass is 10.2. The van der Waals surface area contributed by atoms with Crippen molar-refractivity contribution in [2.75, 3.05) is 39.8 Å². The van der Waals surface area contributed by atoms with Crippen LogP contribution in [0.2, 0.25) is 0 Å². The van der Waals surface area contributed by atoms with E-state index >= 15 is 0 Å². The Balaban J connectivity index is 1.49. The van der Waals surface area contributed by atoms with Gasteiger partial charge in [-0.2, -0.15) is 9.41 Å². The summed E-state index contributed by atoms with van der Waals surface area (Å²) >= 11 is 0. The Hall–Kier alpha value is -4.69. The van der Waals surface area contributed by atoms with Crippen molar-refractivity contribution in [2.45, 2.75) is 17.7 Å². The lowest BCUT2D eigenvalue weighted by Crippen LogP contribution is -2.27. The van der Waals surface area contributed by atoms with Crippen LogP contribution < -0.4 is 24.4 Å². The Morgan fingerprint density at radius 1 is 0.951 bits per heavy atom. The molecule has 0 radical (unpaired) electrons. The van der Waals surface area contributed by atoms with E-state index in [1.165, 1.54) is 62.2 Å². The third kappa shape index (κ3) is 6.73. The average Bonchev–Trinajstić information content (AvgIpc) is 3.53. The first kappa shape index (κ1) is 29.3. The van der Waals surface area contributed by atoms with E-state index in [2.05, 4.69) is 10.5 Å². The number of hydrogen-bond donors (Lipinski definition) is 1. The van der Waals surface area contributed by atoms with Gasteiger partial charge in [-0.25, -0.2) is 13.2 Å². The first-order valence-corrected chi connectivity index (χ1v) is 13.8. The molecule has 0 bridgehead atoms. The van der Waals surface area contributed by atoms with Crippen LogP contribution in [-0.2, 0) is 10.0 Å². The maximum atomic E-state index is 12.8.